The summed E-state index contributed by atoms with van der Waals surface area (Å²) in [4.78, 5) is 0. The highest BCUT2D eigenvalue weighted by molar-refractivity contribution is 5.44. The second-order valence-corrected chi connectivity index (χ2v) is 6.32. The van der Waals surface area contributed by atoms with Crippen molar-refractivity contribution in [3.63, 3.8) is 0 Å². The van der Waals surface area contributed by atoms with Gasteiger partial charge in [0.1, 0.15) is 0 Å². The molecule has 0 unspecified atom stereocenters. The van der Waals surface area contributed by atoms with Crippen molar-refractivity contribution < 1.29 is 4.74 Å². The van der Waals surface area contributed by atoms with Gasteiger partial charge in [-0.3, -0.25) is 0 Å². The lowest BCUT2D eigenvalue weighted by Gasteiger charge is -2.53. The Morgan fingerprint density at radius 2 is 2.11 bits per heavy atom. The van der Waals surface area contributed by atoms with Gasteiger partial charge in [-0.1, -0.05) is 43.3 Å². The Morgan fingerprint density at radius 1 is 1.22 bits per heavy atom. The van der Waals surface area contributed by atoms with Gasteiger partial charge in [0.05, 0.1) is 13.2 Å². The molecule has 1 nitrogen and oxygen atoms in total. The molecule has 2 aliphatic carbocycles. The summed E-state index contributed by atoms with van der Waals surface area (Å²) in [6.45, 7) is 4.24. The minimum absolute atomic E-state index is 0.247. The van der Waals surface area contributed by atoms with Crippen LogP contribution < -0.4 is 0 Å². The van der Waals surface area contributed by atoms with Crippen LogP contribution in [-0.2, 0) is 16.6 Å². The zero-order valence-corrected chi connectivity index (χ0v) is 11.0. The van der Waals surface area contributed by atoms with Crippen LogP contribution in [0.15, 0.2) is 36.4 Å². The molecule has 4 rings (SSSR count). The zero-order chi connectivity index (χ0) is 12.2. The third-order valence-electron chi connectivity index (χ3n) is 5.74. The van der Waals surface area contributed by atoms with Crippen LogP contribution in [0.1, 0.15) is 30.9 Å². The summed E-state index contributed by atoms with van der Waals surface area (Å²) in [5.74, 6) is 0.593. The lowest BCUT2D eigenvalue weighted by molar-refractivity contribution is 0.0997. The smallest absolute Gasteiger partial charge is 0.0575 e. The Kier molecular flexibility index (Phi) is 2.09. The molecule has 18 heavy (non-hydrogen) atoms. The molecule has 1 heteroatoms. The monoisotopic (exact) mass is 240 g/mol. The van der Waals surface area contributed by atoms with E-state index in [1.165, 1.54) is 19.3 Å². The van der Waals surface area contributed by atoms with Crippen molar-refractivity contribution in [3.8, 4) is 0 Å². The predicted molar refractivity (Wildman–Crippen MR) is 72.6 cm³/mol. The van der Waals surface area contributed by atoms with E-state index in [1.54, 1.807) is 11.1 Å². The van der Waals surface area contributed by atoms with E-state index in [0.29, 0.717) is 11.3 Å². The molecule has 0 saturated carbocycles. The summed E-state index contributed by atoms with van der Waals surface area (Å²) < 4.78 is 6.01. The van der Waals surface area contributed by atoms with Crippen LogP contribution in [0, 0.1) is 11.3 Å². The van der Waals surface area contributed by atoms with E-state index in [9.17, 15) is 0 Å². The molecule has 1 aromatic carbocycles. The molecule has 3 atom stereocenters. The predicted octanol–water partition coefficient (Wildman–Crippen LogP) is 3.48. The highest BCUT2D eigenvalue weighted by atomic mass is 16.5. The van der Waals surface area contributed by atoms with E-state index >= 15 is 0 Å². The quantitative estimate of drug-likeness (QED) is 0.631. The molecule has 1 saturated heterocycles. The minimum Gasteiger partial charge on any atom is -0.380 e. The van der Waals surface area contributed by atoms with Crippen LogP contribution in [-0.4, -0.2) is 13.2 Å². The fraction of sp³-hybridized carbons (Fsp3) is 0.529. The normalized spacial score (nSPS) is 41.1. The number of rotatable bonds is 0. The second kappa shape index (κ2) is 3.48. The van der Waals surface area contributed by atoms with Crippen LogP contribution in [0.4, 0.5) is 0 Å². The minimum atomic E-state index is 0.247. The largest absolute Gasteiger partial charge is 0.380 e. The van der Waals surface area contributed by atoms with Gasteiger partial charge in [0.2, 0.25) is 0 Å². The number of hydrogen-bond acceptors (Lipinski definition) is 1. The van der Waals surface area contributed by atoms with Gasteiger partial charge in [0.25, 0.3) is 0 Å². The summed E-state index contributed by atoms with van der Waals surface area (Å²) in [5.41, 5.74) is 3.75. The van der Waals surface area contributed by atoms with Gasteiger partial charge in [-0.25, -0.2) is 0 Å². The van der Waals surface area contributed by atoms with Gasteiger partial charge in [0.15, 0.2) is 0 Å². The van der Waals surface area contributed by atoms with Crippen LogP contribution in [0.25, 0.3) is 0 Å². The molecule has 94 valence electrons. The third-order valence-corrected chi connectivity index (χ3v) is 5.74. The molecule has 0 spiro atoms. The first kappa shape index (κ1) is 10.8. The van der Waals surface area contributed by atoms with Crippen LogP contribution >= 0.6 is 0 Å². The van der Waals surface area contributed by atoms with Crippen LogP contribution in [0.5, 0.6) is 0 Å². The van der Waals surface area contributed by atoms with Crippen LogP contribution in [0.3, 0.4) is 0 Å². The van der Waals surface area contributed by atoms with Gasteiger partial charge < -0.3 is 4.74 Å². The van der Waals surface area contributed by atoms with Crippen molar-refractivity contribution in [2.45, 2.75) is 31.6 Å². The van der Waals surface area contributed by atoms with Gasteiger partial charge >= 0.3 is 0 Å². The Balaban J connectivity index is 2.00. The van der Waals surface area contributed by atoms with E-state index in [2.05, 4.69) is 43.3 Å². The topological polar surface area (TPSA) is 9.23 Å². The standard InChI is InChI=1S/C17H20O/c1-13-5-4-9-16-10-8-14-6-2-3-7-15(14)17(13,16)12-18-11-16/h2-7,13H,8-12H2,1H3/t13-,16+,17-/m0/s1. The van der Waals surface area contributed by atoms with E-state index in [0.717, 1.165) is 13.2 Å². The molecule has 3 aliphatic rings. The Bertz CT molecular complexity index is 518. The Morgan fingerprint density at radius 3 is 3.06 bits per heavy atom. The van der Waals surface area contributed by atoms with E-state index in [1.807, 2.05) is 0 Å². The fourth-order valence-corrected chi connectivity index (χ4v) is 4.76. The second-order valence-electron chi connectivity index (χ2n) is 6.32. The van der Waals surface area contributed by atoms with Gasteiger partial charge in [0, 0.05) is 10.8 Å². The molecule has 1 aromatic rings. The van der Waals surface area contributed by atoms with Crippen molar-refractivity contribution in [1.29, 1.82) is 0 Å². The first-order valence-electron chi connectivity index (χ1n) is 7.11. The highest BCUT2D eigenvalue weighted by Crippen LogP contribution is 2.61. The fourth-order valence-electron chi connectivity index (χ4n) is 4.76. The van der Waals surface area contributed by atoms with Gasteiger partial charge in [-0.15, -0.1) is 0 Å². The number of hydrogen-bond donors (Lipinski definition) is 0. The first-order chi connectivity index (χ1) is 8.79. The average molecular weight is 240 g/mol. The van der Waals surface area contributed by atoms with Crippen LogP contribution in [0.2, 0.25) is 0 Å². The summed E-state index contributed by atoms with van der Waals surface area (Å²) in [6, 6.07) is 9.06. The molecule has 0 amide bonds. The van der Waals surface area contributed by atoms with Crippen molar-refractivity contribution in [3.05, 3.63) is 47.5 Å². The maximum atomic E-state index is 6.01. The molecule has 1 fully saturated rings. The number of fused-ring (bicyclic) bond motifs is 1. The number of allylic oxidation sites excluding steroid dienone is 2. The van der Waals surface area contributed by atoms with Crippen molar-refractivity contribution in [2.75, 3.05) is 13.2 Å². The molecule has 0 radical (unpaired) electrons. The summed E-state index contributed by atoms with van der Waals surface area (Å²) in [6.07, 6.45) is 8.52. The van der Waals surface area contributed by atoms with Crippen molar-refractivity contribution in [2.24, 2.45) is 11.3 Å². The molecular weight excluding hydrogens is 220 g/mol. The van der Waals surface area contributed by atoms with Gasteiger partial charge in [-0.2, -0.15) is 0 Å². The summed E-state index contributed by atoms with van der Waals surface area (Å²) in [5, 5.41) is 0. The molecular formula is C17H20O. The number of aryl methyl sites for hydroxylation is 1. The van der Waals surface area contributed by atoms with Crippen molar-refractivity contribution >= 4 is 0 Å². The number of ether oxygens (including phenoxy) is 1. The third kappa shape index (κ3) is 1.07. The van der Waals surface area contributed by atoms with E-state index < -0.39 is 0 Å². The Labute approximate surface area is 109 Å². The lowest BCUT2D eigenvalue weighted by Crippen LogP contribution is -2.53. The zero-order valence-electron chi connectivity index (χ0n) is 11.0. The average Bonchev–Trinajstić information content (AvgIpc) is 2.81. The van der Waals surface area contributed by atoms with Crippen molar-refractivity contribution in [1.82, 2.24) is 0 Å². The Hall–Kier alpha value is -1.08. The maximum absolute atomic E-state index is 6.01. The molecule has 0 N–H and O–H groups in total. The van der Waals surface area contributed by atoms with E-state index in [4.69, 9.17) is 4.74 Å². The SMILES string of the molecule is C[C@H]1C=CC[C@]23CCc4ccccc4[C@]12COC3. The first-order valence-corrected chi connectivity index (χ1v) is 7.11. The molecule has 1 aliphatic heterocycles. The molecule has 0 aromatic heterocycles. The molecule has 0 bridgehead atoms. The summed E-state index contributed by atoms with van der Waals surface area (Å²) >= 11 is 0. The highest BCUT2D eigenvalue weighted by Gasteiger charge is 2.61. The van der Waals surface area contributed by atoms with Gasteiger partial charge in [-0.05, 0) is 36.3 Å². The van der Waals surface area contributed by atoms with E-state index in [-0.39, 0.29) is 5.41 Å². The lowest BCUT2D eigenvalue weighted by atomic mass is 9.48. The molecule has 1 heterocycles. The summed E-state index contributed by atoms with van der Waals surface area (Å²) in [7, 11) is 0. The maximum Gasteiger partial charge on any atom is 0.0575 e. The number of benzene rings is 1.